The predicted molar refractivity (Wildman–Crippen MR) is 50.2 cm³/mol. The zero-order chi connectivity index (χ0) is 8.84. The second-order valence-electron chi connectivity index (χ2n) is 3.68. The van der Waals surface area contributed by atoms with E-state index >= 15 is 0 Å². The quantitative estimate of drug-likeness (QED) is 0.588. The van der Waals surface area contributed by atoms with Crippen molar-refractivity contribution in [3.8, 4) is 0 Å². The number of rotatable bonds is 0. The fourth-order valence-corrected chi connectivity index (χ4v) is 2.07. The van der Waals surface area contributed by atoms with Gasteiger partial charge in [0.05, 0.1) is 0 Å². The molecule has 0 unspecified atom stereocenters. The first-order valence-corrected chi connectivity index (χ1v) is 4.54. The van der Waals surface area contributed by atoms with Crippen LogP contribution in [-0.4, -0.2) is 11.6 Å². The normalized spacial score (nSPS) is 20.0. The van der Waals surface area contributed by atoms with Crippen molar-refractivity contribution in [3.63, 3.8) is 0 Å². The van der Waals surface area contributed by atoms with E-state index in [4.69, 9.17) is 0 Å². The number of carbonyl (C=O) groups is 1. The van der Waals surface area contributed by atoms with Gasteiger partial charge >= 0.3 is 0 Å². The van der Waals surface area contributed by atoms with Crippen LogP contribution in [0.2, 0.25) is 0 Å². The Morgan fingerprint density at radius 1 is 1.23 bits per heavy atom. The van der Waals surface area contributed by atoms with E-state index in [2.05, 4.69) is 11.1 Å². The summed E-state index contributed by atoms with van der Waals surface area (Å²) >= 11 is 0. The van der Waals surface area contributed by atoms with Gasteiger partial charge in [-0.25, -0.2) is 4.99 Å². The maximum Gasteiger partial charge on any atom is 0.277 e. The third-order valence-corrected chi connectivity index (χ3v) is 2.85. The minimum absolute atomic E-state index is 0.0504. The molecule has 0 atom stereocenters. The molecule has 0 N–H and O–H groups in total. The summed E-state index contributed by atoms with van der Waals surface area (Å²) in [6.45, 7) is 0. The van der Waals surface area contributed by atoms with Crippen LogP contribution in [0.5, 0.6) is 0 Å². The summed E-state index contributed by atoms with van der Waals surface area (Å²) in [6.07, 6.45) is 1.98. The van der Waals surface area contributed by atoms with Gasteiger partial charge in [0.25, 0.3) is 5.91 Å². The Morgan fingerprint density at radius 2 is 2.00 bits per heavy atom. The first kappa shape index (κ1) is 7.01. The van der Waals surface area contributed by atoms with Crippen molar-refractivity contribution in [2.24, 2.45) is 4.99 Å². The van der Waals surface area contributed by atoms with Gasteiger partial charge in [-0.05, 0) is 30.4 Å². The van der Waals surface area contributed by atoms with E-state index in [1.807, 2.05) is 18.2 Å². The molecular weight excluding hydrogens is 162 g/mol. The van der Waals surface area contributed by atoms with Crippen molar-refractivity contribution in [3.05, 3.63) is 35.4 Å². The van der Waals surface area contributed by atoms with Gasteiger partial charge in [0.2, 0.25) is 0 Å². The second kappa shape index (κ2) is 2.28. The molecule has 2 bridgehead atoms. The Bertz CT molecular complexity index is 412. The van der Waals surface area contributed by atoms with E-state index < -0.39 is 0 Å². The molecule has 2 heteroatoms. The summed E-state index contributed by atoms with van der Waals surface area (Å²) in [5, 5.41) is 0. The highest BCUT2D eigenvalue weighted by Crippen LogP contribution is 2.39. The molecule has 2 nitrogen and oxygen atoms in total. The molecule has 0 aromatic heterocycles. The summed E-state index contributed by atoms with van der Waals surface area (Å²) < 4.78 is 0. The van der Waals surface area contributed by atoms with E-state index in [1.54, 1.807) is 0 Å². The van der Waals surface area contributed by atoms with Crippen molar-refractivity contribution in [1.82, 2.24) is 0 Å². The lowest BCUT2D eigenvalue weighted by Gasteiger charge is -2.25. The fourth-order valence-electron chi connectivity index (χ4n) is 2.07. The third kappa shape index (κ3) is 0.886. The average Bonchev–Trinajstić information content (AvgIpc) is 2.30. The Balaban J connectivity index is 2.25. The molecule has 1 aromatic carbocycles. The maximum atomic E-state index is 11.6. The van der Waals surface area contributed by atoms with Crippen LogP contribution in [-0.2, 0) is 0 Å². The summed E-state index contributed by atoms with van der Waals surface area (Å²) in [7, 11) is 0. The van der Waals surface area contributed by atoms with Crippen molar-refractivity contribution >= 4 is 11.6 Å². The minimum atomic E-state index is -0.0504. The molecule has 0 spiro atoms. The molecule has 1 fully saturated rings. The van der Waals surface area contributed by atoms with Crippen molar-refractivity contribution < 1.29 is 4.79 Å². The SMILES string of the molecule is O=C1N=C2CC(C2)c2ccccc21. The van der Waals surface area contributed by atoms with E-state index in [0.29, 0.717) is 5.92 Å². The molecule has 1 saturated carbocycles. The van der Waals surface area contributed by atoms with Gasteiger partial charge in [0, 0.05) is 11.3 Å². The van der Waals surface area contributed by atoms with Crippen molar-refractivity contribution in [1.29, 1.82) is 0 Å². The zero-order valence-electron chi connectivity index (χ0n) is 7.16. The van der Waals surface area contributed by atoms with Gasteiger partial charge in [0.1, 0.15) is 0 Å². The molecule has 3 aliphatic rings. The number of hydrogen-bond donors (Lipinski definition) is 0. The minimum Gasteiger partial charge on any atom is -0.267 e. The van der Waals surface area contributed by atoms with Crippen LogP contribution < -0.4 is 0 Å². The molecule has 1 aliphatic carbocycles. The van der Waals surface area contributed by atoms with Crippen LogP contribution in [0.15, 0.2) is 29.3 Å². The average molecular weight is 171 g/mol. The summed E-state index contributed by atoms with van der Waals surface area (Å²) in [5.74, 6) is 0.506. The lowest BCUT2D eigenvalue weighted by molar-refractivity contribution is 0.100. The highest BCUT2D eigenvalue weighted by molar-refractivity contribution is 6.09. The van der Waals surface area contributed by atoms with Crippen LogP contribution in [0.25, 0.3) is 0 Å². The molecule has 4 rings (SSSR count). The molecule has 0 radical (unpaired) electrons. The summed E-state index contributed by atoms with van der Waals surface area (Å²) in [5.41, 5.74) is 3.07. The molecule has 64 valence electrons. The zero-order valence-corrected chi connectivity index (χ0v) is 7.16. The van der Waals surface area contributed by atoms with E-state index in [9.17, 15) is 4.79 Å². The van der Waals surface area contributed by atoms with Crippen molar-refractivity contribution in [2.75, 3.05) is 0 Å². The molecule has 1 aromatic rings. The highest BCUT2D eigenvalue weighted by atomic mass is 16.1. The van der Waals surface area contributed by atoms with Crippen LogP contribution in [0, 0.1) is 0 Å². The number of aliphatic imine (C=N–C) groups is 1. The molecular formula is C11H9NO. The molecule has 2 heterocycles. The second-order valence-corrected chi connectivity index (χ2v) is 3.68. The number of hydrogen-bond acceptors (Lipinski definition) is 1. The summed E-state index contributed by atoms with van der Waals surface area (Å²) in [6, 6.07) is 7.83. The van der Waals surface area contributed by atoms with Gasteiger partial charge in [0.15, 0.2) is 0 Å². The molecule has 13 heavy (non-hydrogen) atoms. The summed E-state index contributed by atoms with van der Waals surface area (Å²) in [4.78, 5) is 15.6. The predicted octanol–water partition coefficient (Wildman–Crippen LogP) is 2.16. The Hall–Kier alpha value is -1.44. The topological polar surface area (TPSA) is 29.4 Å². The number of carbonyl (C=O) groups excluding carboxylic acids is 1. The first-order valence-electron chi connectivity index (χ1n) is 4.54. The number of benzene rings is 1. The van der Waals surface area contributed by atoms with Crippen LogP contribution in [0.4, 0.5) is 0 Å². The van der Waals surface area contributed by atoms with E-state index in [1.165, 1.54) is 5.56 Å². The molecule has 0 saturated heterocycles. The van der Waals surface area contributed by atoms with Crippen LogP contribution in [0.1, 0.15) is 34.7 Å². The Morgan fingerprint density at radius 3 is 2.85 bits per heavy atom. The number of amides is 1. The third-order valence-electron chi connectivity index (χ3n) is 2.85. The van der Waals surface area contributed by atoms with Gasteiger partial charge < -0.3 is 0 Å². The largest absolute Gasteiger partial charge is 0.277 e. The van der Waals surface area contributed by atoms with Crippen LogP contribution >= 0.6 is 0 Å². The van der Waals surface area contributed by atoms with Crippen LogP contribution in [0.3, 0.4) is 0 Å². The number of fused-ring (bicyclic) bond motifs is 1. The lowest BCUT2D eigenvalue weighted by atomic mass is 9.78. The van der Waals surface area contributed by atoms with E-state index in [0.717, 1.165) is 24.1 Å². The number of nitrogens with zero attached hydrogens (tertiary/aromatic N) is 1. The van der Waals surface area contributed by atoms with Gasteiger partial charge in [-0.15, -0.1) is 0 Å². The maximum absolute atomic E-state index is 11.6. The molecule has 1 amide bonds. The smallest absolute Gasteiger partial charge is 0.267 e. The fraction of sp³-hybridized carbons (Fsp3) is 0.273. The van der Waals surface area contributed by atoms with Gasteiger partial charge in [-0.2, -0.15) is 0 Å². The van der Waals surface area contributed by atoms with Gasteiger partial charge in [-0.1, -0.05) is 18.2 Å². The van der Waals surface area contributed by atoms with Crippen molar-refractivity contribution in [2.45, 2.75) is 18.8 Å². The van der Waals surface area contributed by atoms with E-state index in [-0.39, 0.29) is 5.91 Å². The Kier molecular flexibility index (Phi) is 1.23. The molecule has 2 aliphatic heterocycles. The highest BCUT2D eigenvalue weighted by Gasteiger charge is 2.32. The lowest BCUT2D eigenvalue weighted by Crippen LogP contribution is -2.20. The standard InChI is InChI=1S/C11H9NO/c13-11-10-4-2-1-3-9(10)7-5-8(6-7)12-11/h1-4,7H,5-6H2. The first-order chi connectivity index (χ1) is 6.34. The monoisotopic (exact) mass is 171 g/mol. The van der Waals surface area contributed by atoms with Gasteiger partial charge in [-0.3, -0.25) is 4.79 Å². The Labute approximate surface area is 76.3 Å².